The number of aliphatic hydroxyl groups excluding tert-OH is 1. The number of rotatable bonds is 4. The molecule has 5 nitrogen and oxygen atoms in total. The minimum absolute atomic E-state index is 0.0837. The van der Waals surface area contributed by atoms with E-state index in [-0.39, 0.29) is 16.5 Å². The van der Waals surface area contributed by atoms with Gasteiger partial charge >= 0.3 is 0 Å². The molecule has 0 bridgehead atoms. The van der Waals surface area contributed by atoms with Crippen LogP contribution in [0.3, 0.4) is 0 Å². The zero-order chi connectivity index (χ0) is 13.3. The van der Waals surface area contributed by atoms with Crippen LogP contribution >= 0.6 is 11.6 Å². The van der Waals surface area contributed by atoms with Crippen molar-refractivity contribution in [3.8, 4) is 0 Å². The molecule has 96 valence electrons. The number of hydrogen-bond acceptors (Lipinski definition) is 4. The van der Waals surface area contributed by atoms with Gasteiger partial charge in [-0.3, -0.25) is 0 Å². The fourth-order valence-electron chi connectivity index (χ4n) is 1.18. The van der Waals surface area contributed by atoms with E-state index in [1.165, 1.54) is 18.2 Å². The molecule has 0 saturated heterocycles. The molecule has 0 aliphatic heterocycles. The number of nitrogen functional groups attached to an aromatic ring is 1. The zero-order valence-corrected chi connectivity index (χ0v) is 11.1. The first-order valence-corrected chi connectivity index (χ1v) is 6.74. The summed E-state index contributed by atoms with van der Waals surface area (Å²) in [6.07, 6.45) is 0. The minimum atomic E-state index is -3.81. The number of benzene rings is 1. The van der Waals surface area contributed by atoms with Gasteiger partial charge in [0.15, 0.2) is 0 Å². The van der Waals surface area contributed by atoms with Crippen LogP contribution in [0.4, 0.5) is 5.69 Å². The Bertz CT molecular complexity index is 514. The van der Waals surface area contributed by atoms with E-state index < -0.39 is 15.6 Å². The van der Waals surface area contributed by atoms with Crippen LogP contribution in [0.15, 0.2) is 23.1 Å². The Hall–Kier alpha value is -0.820. The molecule has 1 aromatic rings. The van der Waals surface area contributed by atoms with Crippen LogP contribution in [0.5, 0.6) is 0 Å². The third kappa shape index (κ3) is 3.57. The number of anilines is 1. The molecular formula is C10H15ClN2O3S. The van der Waals surface area contributed by atoms with Gasteiger partial charge in [0.1, 0.15) is 4.90 Å². The molecule has 0 aromatic heterocycles. The van der Waals surface area contributed by atoms with Gasteiger partial charge in [0, 0.05) is 5.69 Å². The second-order valence-corrected chi connectivity index (χ2v) is 6.40. The maximum absolute atomic E-state index is 12.0. The van der Waals surface area contributed by atoms with Crippen molar-refractivity contribution in [2.24, 2.45) is 0 Å². The quantitative estimate of drug-likeness (QED) is 0.716. The number of hydrogen-bond donors (Lipinski definition) is 3. The first kappa shape index (κ1) is 14.2. The Kier molecular flexibility index (Phi) is 4.03. The highest BCUT2D eigenvalue weighted by atomic mass is 35.5. The monoisotopic (exact) mass is 278 g/mol. The molecule has 0 spiro atoms. The van der Waals surface area contributed by atoms with Crippen LogP contribution in [0, 0.1) is 0 Å². The molecule has 17 heavy (non-hydrogen) atoms. The summed E-state index contributed by atoms with van der Waals surface area (Å²) < 4.78 is 26.4. The second kappa shape index (κ2) is 4.81. The summed E-state index contributed by atoms with van der Waals surface area (Å²) in [6, 6.07) is 4.20. The summed E-state index contributed by atoms with van der Waals surface area (Å²) in [5.74, 6) is 0. The van der Waals surface area contributed by atoms with Gasteiger partial charge in [-0.05, 0) is 32.0 Å². The summed E-state index contributed by atoms with van der Waals surface area (Å²) in [6.45, 7) is 2.79. The van der Waals surface area contributed by atoms with Crippen LogP contribution in [0.25, 0.3) is 0 Å². The minimum Gasteiger partial charge on any atom is -0.399 e. The van der Waals surface area contributed by atoms with Crippen LogP contribution in [0.1, 0.15) is 13.8 Å². The maximum atomic E-state index is 12.0. The Morgan fingerprint density at radius 3 is 2.59 bits per heavy atom. The molecule has 0 saturated carbocycles. The van der Waals surface area contributed by atoms with Gasteiger partial charge in [-0.25, -0.2) is 13.1 Å². The normalized spacial score (nSPS) is 12.7. The van der Waals surface area contributed by atoms with E-state index in [0.29, 0.717) is 5.69 Å². The molecule has 0 aliphatic carbocycles. The average Bonchev–Trinajstić information content (AvgIpc) is 2.20. The van der Waals surface area contributed by atoms with Gasteiger partial charge in [0.25, 0.3) is 0 Å². The predicted molar refractivity (Wildman–Crippen MR) is 67.4 cm³/mol. The first-order valence-electron chi connectivity index (χ1n) is 4.88. The topological polar surface area (TPSA) is 92.4 Å². The lowest BCUT2D eigenvalue weighted by molar-refractivity contribution is 0.208. The molecule has 0 radical (unpaired) electrons. The van der Waals surface area contributed by atoms with Crippen LogP contribution in [0.2, 0.25) is 5.02 Å². The second-order valence-electron chi connectivity index (χ2n) is 4.34. The van der Waals surface area contributed by atoms with Crippen molar-refractivity contribution in [3.63, 3.8) is 0 Å². The Morgan fingerprint density at radius 1 is 1.47 bits per heavy atom. The number of halogens is 1. The third-order valence-corrected chi connectivity index (χ3v) is 4.23. The van der Waals surface area contributed by atoms with Gasteiger partial charge in [-0.15, -0.1) is 0 Å². The fraction of sp³-hybridized carbons (Fsp3) is 0.400. The summed E-state index contributed by atoms with van der Waals surface area (Å²) in [5.41, 5.74) is 4.86. The first-order chi connectivity index (χ1) is 7.68. The Labute approximate surface area is 106 Å². The molecule has 0 amide bonds. The van der Waals surface area contributed by atoms with Crippen molar-refractivity contribution in [3.05, 3.63) is 23.2 Å². The lowest BCUT2D eigenvalue weighted by atomic mass is 10.1. The van der Waals surface area contributed by atoms with Crippen LogP contribution < -0.4 is 10.5 Å². The van der Waals surface area contributed by atoms with E-state index in [0.717, 1.165) is 0 Å². The highest BCUT2D eigenvalue weighted by molar-refractivity contribution is 7.89. The van der Waals surface area contributed by atoms with E-state index in [1.54, 1.807) is 13.8 Å². The Morgan fingerprint density at radius 2 is 2.06 bits per heavy atom. The van der Waals surface area contributed by atoms with E-state index in [9.17, 15) is 8.42 Å². The lowest BCUT2D eigenvalue weighted by Crippen LogP contribution is -2.46. The van der Waals surface area contributed by atoms with E-state index >= 15 is 0 Å². The van der Waals surface area contributed by atoms with Crippen molar-refractivity contribution >= 4 is 27.3 Å². The lowest BCUT2D eigenvalue weighted by Gasteiger charge is -2.23. The largest absolute Gasteiger partial charge is 0.399 e. The van der Waals surface area contributed by atoms with Gasteiger partial charge in [-0.2, -0.15) is 0 Å². The molecule has 0 unspecified atom stereocenters. The summed E-state index contributed by atoms with van der Waals surface area (Å²) >= 11 is 5.82. The van der Waals surface area contributed by atoms with Gasteiger partial charge in [-0.1, -0.05) is 11.6 Å². The number of aliphatic hydroxyl groups is 1. The molecular weight excluding hydrogens is 264 g/mol. The molecule has 4 N–H and O–H groups in total. The van der Waals surface area contributed by atoms with E-state index in [2.05, 4.69) is 4.72 Å². The molecule has 0 heterocycles. The number of nitrogens with two attached hydrogens (primary N) is 1. The SMILES string of the molecule is CC(C)(CO)NS(=O)(=O)c1cc(N)ccc1Cl. The number of sulfonamides is 1. The molecule has 0 fully saturated rings. The van der Waals surface area contributed by atoms with Crippen molar-refractivity contribution in [1.29, 1.82) is 0 Å². The van der Waals surface area contributed by atoms with Gasteiger partial charge < -0.3 is 10.8 Å². The van der Waals surface area contributed by atoms with Crippen molar-refractivity contribution < 1.29 is 13.5 Å². The van der Waals surface area contributed by atoms with Crippen molar-refractivity contribution in [2.75, 3.05) is 12.3 Å². The molecule has 1 rings (SSSR count). The van der Waals surface area contributed by atoms with Crippen LogP contribution in [-0.4, -0.2) is 25.7 Å². The molecule has 0 aliphatic rings. The maximum Gasteiger partial charge on any atom is 0.242 e. The van der Waals surface area contributed by atoms with Gasteiger partial charge in [0.2, 0.25) is 10.0 Å². The number of nitrogens with one attached hydrogen (secondary N) is 1. The Balaban J connectivity index is 3.18. The molecule has 7 heteroatoms. The van der Waals surface area contributed by atoms with Crippen molar-refractivity contribution in [1.82, 2.24) is 4.72 Å². The van der Waals surface area contributed by atoms with Crippen LogP contribution in [-0.2, 0) is 10.0 Å². The third-order valence-electron chi connectivity index (χ3n) is 2.05. The summed E-state index contributed by atoms with van der Waals surface area (Å²) in [7, 11) is -3.81. The van der Waals surface area contributed by atoms with Crippen molar-refractivity contribution in [2.45, 2.75) is 24.3 Å². The fourth-order valence-corrected chi connectivity index (χ4v) is 3.12. The van der Waals surface area contributed by atoms with E-state index in [1.807, 2.05) is 0 Å². The zero-order valence-electron chi connectivity index (χ0n) is 9.57. The molecule has 1 aromatic carbocycles. The summed E-state index contributed by atoms with van der Waals surface area (Å²) in [4.78, 5) is -0.0966. The van der Waals surface area contributed by atoms with E-state index in [4.69, 9.17) is 22.4 Å². The summed E-state index contributed by atoms with van der Waals surface area (Å²) in [5, 5.41) is 9.13. The molecule has 0 atom stereocenters. The highest BCUT2D eigenvalue weighted by Crippen LogP contribution is 2.24. The predicted octanol–water partition coefficient (Wildman–Crippen LogP) is 0.971. The average molecular weight is 279 g/mol. The smallest absolute Gasteiger partial charge is 0.242 e. The highest BCUT2D eigenvalue weighted by Gasteiger charge is 2.27. The van der Waals surface area contributed by atoms with Gasteiger partial charge in [0.05, 0.1) is 17.2 Å². The standard InChI is InChI=1S/C10H15ClN2O3S/c1-10(2,6-14)13-17(15,16)9-5-7(12)3-4-8(9)11/h3-5,13-14H,6,12H2,1-2H3.